The van der Waals surface area contributed by atoms with Gasteiger partial charge in [-0.25, -0.2) is 14.0 Å². The lowest BCUT2D eigenvalue weighted by atomic mass is 9.98. The first-order chi connectivity index (χ1) is 16.8. The molecule has 0 radical (unpaired) electrons. The number of fused-ring (bicyclic) bond motifs is 3. The SMILES string of the molecule is CC(C)C(NC(=O)OCC1c2ccccc2-c2ccccc21)C(=O)Nc1c(F)cccc1C(=O)O. The minimum absolute atomic E-state index is 0.0722. The van der Waals surface area contributed by atoms with E-state index in [1.165, 1.54) is 12.1 Å². The second-order valence-corrected chi connectivity index (χ2v) is 8.65. The van der Waals surface area contributed by atoms with Crippen LogP contribution in [0, 0.1) is 11.7 Å². The van der Waals surface area contributed by atoms with E-state index in [2.05, 4.69) is 10.6 Å². The van der Waals surface area contributed by atoms with E-state index in [0.29, 0.717) is 0 Å². The third-order valence-corrected chi connectivity index (χ3v) is 6.06. The molecule has 0 aromatic heterocycles. The maximum Gasteiger partial charge on any atom is 0.407 e. The van der Waals surface area contributed by atoms with Crippen LogP contribution >= 0.6 is 0 Å². The van der Waals surface area contributed by atoms with Crippen LogP contribution in [-0.2, 0) is 9.53 Å². The lowest BCUT2D eigenvalue weighted by Gasteiger charge is -2.23. The Kier molecular flexibility index (Phi) is 6.82. The van der Waals surface area contributed by atoms with E-state index in [0.717, 1.165) is 28.3 Å². The number of halogens is 1. The number of nitrogens with one attached hydrogen (secondary N) is 2. The van der Waals surface area contributed by atoms with Crippen molar-refractivity contribution in [3.8, 4) is 11.1 Å². The molecule has 3 aromatic rings. The normalized spacial score (nSPS) is 13.0. The first kappa shape index (κ1) is 23.9. The summed E-state index contributed by atoms with van der Waals surface area (Å²) < 4.78 is 19.8. The van der Waals surface area contributed by atoms with Crippen LogP contribution in [0.15, 0.2) is 66.7 Å². The van der Waals surface area contributed by atoms with E-state index in [1.54, 1.807) is 13.8 Å². The van der Waals surface area contributed by atoms with Gasteiger partial charge in [0.1, 0.15) is 18.5 Å². The summed E-state index contributed by atoms with van der Waals surface area (Å²) in [6, 6.07) is 18.2. The van der Waals surface area contributed by atoms with Crippen molar-refractivity contribution in [2.75, 3.05) is 11.9 Å². The fraction of sp³-hybridized carbons (Fsp3) is 0.222. The molecule has 1 unspecified atom stereocenters. The van der Waals surface area contributed by atoms with Crippen LogP contribution in [0.25, 0.3) is 11.1 Å². The van der Waals surface area contributed by atoms with Crippen molar-refractivity contribution in [3.05, 3.63) is 89.2 Å². The Bertz CT molecular complexity index is 1240. The molecule has 180 valence electrons. The number of anilines is 1. The fourth-order valence-electron chi connectivity index (χ4n) is 4.33. The van der Waals surface area contributed by atoms with Crippen molar-refractivity contribution in [2.24, 2.45) is 5.92 Å². The Morgan fingerprint density at radius 3 is 2.11 bits per heavy atom. The highest BCUT2D eigenvalue weighted by atomic mass is 19.1. The predicted molar refractivity (Wildman–Crippen MR) is 129 cm³/mol. The molecule has 35 heavy (non-hydrogen) atoms. The molecule has 0 saturated carbocycles. The average Bonchev–Trinajstić information content (AvgIpc) is 3.15. The third-order valence-electron chi connectivity index (χ3n) is 6.06. The molecule has 0 saturated heterocycles. The number of hydrogen-bond donors (Lipinski definition) is 3. The van der Waals surface area contributed by atoms with Crippen molar-refractivity contribution in [3.63, 3.8) is 0 Å². The smallest absolute Gasteiger partial charge is 0.407 e. The van der Waals surface area contributed by atoms with E-state index in [9.17, 15) is 23.9 Å². The van der Waals surface area contributed by atoms with Crippen molar-refractivity contribution in [1.29, 1.82) is 0 Å². The van der Waals surface area contributed by atoms with Crippen LogP contribution in [-0.4, -0.2) is 35.7 Å². The molecule has 0 fully saturated rings. The van der Waals surface area contributed by atoms with Gasteiger partial charge in [-0.3, -0.25) is 4.79 Å². The number of para-hydroxylation sites is 1. The van der Waals surface area contributed by atoms with Gasteiger partial charge in [-0.2, -0.15) is 0 Å². The van der Waals surface area contributed by atoms with Gasteiger partial charge in [0.2, 0.25) is 5.91 Å². The predicted octanol–water partition coefficient (Wildman–Crippen LogP) is 5.03. The lowest BCUT2D eigenvalue weighted by Crippen LogP contribution is -2.47. The van der Waals surface area contributed by atoms with E-state index >= 15 is 0 Å². The van der Waals surface area contributed by atoms with Crippen LogP contribution < -0.4 is 10.6 Å². The highest BCUT2D eigenvalue weighted by molar-refractivity contribution is 6.03. The van der Waals surface area contributed by atoms with E-state index in [-0.39, 0.29) is 24.0 Å². The molecule has 3 aromatic carbocycles. The Labute approximate surface area is 201 Å². The molecule has 1 aliphatic carbocycles. The molecule has 0 aliphatic heterocycles. The molecule has 0 bridgehead atoms. The zero-order valence-electron chi connectivity index (χ0n) is 19.2. The van der Waals surface area contributed by atoms with Crippen molar-refractivity contribution < 1.29 is 28.6 Å². The van der Waals surface area contributed by atoms with Gasteiger partial charge in [0, 0.05) is 5.92 Å². The second kappa shape index (κ2) is 9.97. The number of rotatable bonds is 7. The van der Waals surface area contributed by atoms with Gasteiger partial charge in [0.05, 0.1) is 11.3 Å². The maximum absolute atomic E-state index is 14.2. The number of carbonyl (C=O) groups is 3. The summed E-state index contributed by atoms with van der Waals surface area (Å²) in [6.45, 7) is 3.48. The maximum atomic E-state index is 14.2. The molecular formula is C27H25FN2O5. The number of ether oxygens (including phenoxy) is 1. The van der Waals surface area contributed by atoms with Crippen molar-refractivity contribution in [1.82, 2.24) is 5.32 Å². The van der Waals surface area contributed by atoms with Gasteiger partial charge in [-0.1, -0.05) is 68.4 Å². The first-order valence-electron chi connectivity index (χ1n) is 11.2. The molecular weight excluding hydrogens is 451 g/mol. The minimum atomic E-state index is -1.38. The second-order valence-electron chi connectivity index (χ2n) is 8.65. The van der Waals surface area contributed by atoms with E-state index in [4.69, 9.17) is 4.74 Å². The topological polar surface area (TPSA) is 105 Å². The van der Waals surface area contributed by atoms with Gasteiger partial charge in [0.15, 0.2) is 0 Å². The molecule has 0 spiro atoms. The lowest BCUT2D eigenvalue weighted by molar-refractivity contribution is -0.119. The quantitative estimate of drug-likeness (QED) is 0.444. The van der Waals surface area contributed by atoms with Crippen molar-refractivity contribution >= 4 is 23.7 Å². The molecule has 7 nitrogen and oxygen atoms in total. The molecule has 1 aliphatic rings. The van der Waals surface area contributed by atoms with Gasteiger partial charge >= 0.3 is 12.1 Å². The molecule has 8 heteroatoms. The van der Waals surface area contributed by atoms with Gasteiger partial charge in [0.25, 0.3) is 0 Å². The van der Waals surface area contributed by atoms with Crippen molar-refractivity contribution in [2.45, 2.75) is 25.8 Å². The summed E-state index contributed by atoms with van der Waals surface area (Å²) in [5.41, 5.74) is 3.46. The third kappa shape index (κ3) is 4.87. The number of carbonyl (C=O) groups excluding carboxylic acids is 2. The minimum Gasteiger partial charge on any atom is -0.478 e. The average molecular weight is 477 g/mol. The highest BCUT2D eigenvalue weighted by Crippen LogP contribution is 2.44. The van der Waals surface area contributed by atoms with Crippen LogP contribution in [0.3, 0.4) is 0 Å². The number of aromatic carboxylic acids is 1. The Morgan fingerprint density at radius 1 is 0.943 bits per heavy atom. The molecule has 2 amide bonds. The number of carboxylic acid groups (broad SMARTS) is 1. The van der Waals surface area contributed by atoms with Crippen LogP contribution in [0.2, 0.25) is 0 Å². The number of amides is 2. The summed E-state index contributed by atoms with van der Waals surface area (Å²) in [6.07, 6.45) is -0.798. The summed E-state index contributed by atoms with van der Waals surface area (Å²) >= 11 is 0. The monoisotopic (exact) mass is 476 g/mol. The highest BCUT2D eigenvalue weighted by Gasteiger charge is 2.31. The zero-order chi connectivity index (χ0) is 25.1. The molecule has 0 heterocycles. The summed E-state index contributed by atoms with van der Waals surface area (Å²) in [7, 11) is 0. The fourth-order valence-corrected chi connectivity index (χ4v) is 4.33. The number of alkyl carbamates (subject to hydrolysis) is 1. The van der Waals surface area contributed by atoms with Crippen LogP contribution in [0.1, 0.15) is 41.3 Å². The largest absolute Gasteiger partial charge is 0.478 e. The summed E-state index contributed by atoms with van der Waals surface area (Å²) in [4.78, 5) is 36.9. The Balaban J connectivity index is 1.45. The van der Waals surface area contributed by atoms with Gasteiger partial charge in [-0.15, -0.1) is 0 Å². The first-order valence-corrected chi connectivity index (χ1v) is 11.2. The molecule has 3 N–H and O–H groups in total. The van der Waals surface area contributed by atoms with Gasteiger partial charge in [-0.05, 0) is 40.3 Å². The van der Waals surface area contributed by atoms with Crippen LogP contribution in [0.4, 0.5) is 14.9 Å². The molecule has 1 atom stereocenters. The van der Waals surface area contributed by atoms with E-state index < -0.39 is 35.5 Å². The molecule has 4 rings (SSSR count). The van der Waals surface area contributed by atoms with Crippen LogP contribution in [0.5, 0.6) is 0 Å². The Morgan fingerprint density at radius 2 is 1.54 bits per heavy atom. The van der Waals surface area contributed by atoms with Gasteiger partial charge < -0.3 is 20.5 Å². The Hall–Kier alpha value is -4.20. The zero-order valence-corrected chi connectivity index (χ0v) is 19.2. The standard InChI is InChI=1S/C27H25FN2O5/c1-15(2)23(25(31)29-24-20(26(32)33)12-7-13-22(24)28)30-27(34)35-14-21-18-10-5-3-8-16(18)17-9-4-6-11-19(17)21/h3-13,15,21,23H,14H2,1-2H3,(H,29,31)(H,30,34)(H,32,33). The number of carboxylic acids is 1. The summed E-state index contributed by atoms with van der Waals surface area (Å²) in [5, 5.41) is 14.1. The van der Waals surface area contributed by atoms with E-state index in [1.807, 2.05) is 48.5 Å². The number of benzene rings is 3. The number of hydrogen-bond acceptors (Lipinski definition) is 4. The summed E-state index contributed by atoms with van der Waals surface area (Å²) in [5.74, 6) is -3.54.